The van der Waals surface area contributed by atoms with Crippen LogP contribution in [0, 0.1) is 5.53 Å². The summed E-state index contributed by atoms with van der Waals surface area (Å²) >= 11 is 0. The number of hydrogen-bond acceptors (Lipinski definition) is 2. The molecule has 0 rings (SSSR count). The summed E-state index contributed by atoms with van der Waals surface area (Å²) in [6, 6.07) is 0. The Balaban J connectivity index is 4.19. The average Bonchev–Trinajstić information content (AvgIpc) is 1.87. The molecular formula is C7H12N2. The molecule has 0 aromatic rings. The minimum Gasteiger partial charge on any atom is -0.205 e. The predicted octanol–water partition coefficient (Wildman–Crippen LogP) is 2.89. The number of allylic oxidation sites excluding steroid dienone is 3. The normalized spacial score (nSPS) is 13.7. The van der Waals surface area contributed by atoms with Gasteiger partial charge >= 0.3 is 0 Å². The van der Waals surface area contributed by atoms with Crippen molar-refractivity contribution in [2.75, 3.05) is 0 Å². The highest BCUT2D eigenvalue weighted by Crippen LogP contribution is 2.06. The molecule has 50 valence electrons. The van der Waals surface area contributed by atoms with Gasteiger partial charge in [0.15, 0.2) is 0 Å². The van der Waals surface area contributed by atoms with Crippen LogP contribution in [0.1, 0.15) is 20.8 Å². The minimum absolute atomic E-state index is 1.05. The van der Waals surface area contributed by atoms with E-state index in [4.69, 9.17) is 5.53 Å². The van der Waals surface area contributed by atoms with Gasteiger partial charge in [-0.2, -0.15) is 5.11 Å². The van der Waals surface area contributed by atoms with Crippen molar-refractivity contribution in [3.8, 4) is 0 Å². The van der Waals surface area contributed by atoms with E-state index in [1.165, 1.54) is 11.8 Å². The van der Waals surface area contributed by atoms with E-state index in [2.05, 4.69) is 5.11 Å². The second kappa shape index (κ2) is 4.01. The molecule has 0 amide bonds. The van der Waals surface area contributed by atoms with Gasteiger partial charge in [-0.05, 0) is 26.3 Å². The van der Waals surface area contributed by atoms with Gasteiger partial charge in [0.1, 0.15) is 0 Å². The van der Waals surface area contributed by atoms with Gasteiger partial charge in [0.2, 0.25) is 0 Å². The Morgan fingerprint density at radius 1 is 1.33 bits per heavy atom. The van der Waals surface area contributed by atoms with E-state index in [0.717, 1.165) is 5.57 Å². The maximum absolute atomic E-state index is 6.52. The van der Waals surface area contributed by atoms with Gasteiger partial charge in [0, 0.05) is 0 Å². The van der Waals surface area contributed by atoms with E-state index in [0.29, 0.717) is 0 Å². The number of nitrogens with one attached hydrogen (secondary N) is 1. The van der Waals surface area contributed by atoms with E-state index in [9.17, 15) is 0 Å². The van der Waals surface area contributed by atoms with Gasteiger partial charge in [0.05, 0.1) is 6.20 Å². The first kappa shape index (κ1) is 8.08. The highest BCUT2D eigenvalue weighted by Gasteiger charge is 1.87. The summed E-state index contributed by atoms with van der Waals surface area (Å²) in [5.41, 5.74) is 8.74. The SMILES string of the molecule is C/C=C(C)\C(C)=C/N=N. The third kappa shape index (κ3) is 2.80. The molecule has 0 bridgehead atoms. The van der Waals surface area contributed by atoms with Crippen molar-refractivity contribution in [1.29, 1.82) is 5.53 Å². The fourth-order valence-corrected chi connectivity index (χ4v) is 0.426. The molecule has 0 aliphatic rings. The molecule has 2 heteroatoms. The second-order valence-corrected chi connectivity index (χ2v) is 1.91. The number of nitrogens with zero attached hydrogens (tertiary/aromatic N) is 1. The van der Waals surface area contributed by atoms with Gasteiger partial charge in [-0.25, -0.2) is 5.53 Å². The Labute approximate surface area is 55.8 Å². The van der Waals surface area contributed by atoms with E-state index < -0.39 is 0 Å². The molecule has 0 aromatic heterocycles. The smallest absolute Gasteiger partial charge is 0.0520 e. The average molecular weight is 124 g/mol. The first-order valence-corrected chi connectivity index (χ1v) is 2.89. The molecule has 0 fully saturated rings. The van der Waals surface area contributed by atoms with E-state index in [-0.39, 0.29) is 0 Å². The van der Waals surface area contributed by atoms with Gasteiger partial charge in [-0.3, -0.25) is 0 Å². The quantitative estimate of drug-likeness (QED) is 0.434. The highest BCUT2D eigenvalue weighted by molar-refractivity contribution is 5.25. The van der Waals surface area contributed by atoms with Gasteiger partial charge in [-0.1, -0.05) is 11.6 Å². The minimum atomic E-state index is 1.05. The largest absolute Gasteiger partial charge is 0.205 e. The lowest BCUT2D eigenvalue weighted by Crippen LogP contribution is -1.75. The van der Waals surface area contributed by atoms with Crippen molar-refractivity contribution in [2.24, 2.45) is 5.11 Å². The van der Waals surface area contributed by atoms with Crippen LogP contribution in [-0.4, -0.2) is 0 Å². The van der Waals surface area contributed by atoms with Crippen molar-refractivity contribution in [1.82, 2.24) is 0 Å². The van der Waals surface area contributed by atoms with Crippen LogP contribution < -0.4 is 0 Å². The maximum Gasteiger partial charge on any atom is 0.0520 e. The summed E-state index contributed by atoms with van der Waals surface area (Å²) in [6.45, 7) is 5.90. The molecule has 0 aliphatic carbocycles. The van der Waals surface area contributed by atoms with Crippen LogP contribution in [0.25, 0.3) is 0 Å². The fraction of sp³-hybridized carbons (Fsp3) is 0.429. The highest BCUT2D eigenvalue weighted by atomic mass is 14.9. The van der Waals surface area contributed by atoms with Crippen LogP contribution in [0.2, 0.25) is 0 Å². The summed E-state index contributed by atoms with van der Waals surface area (Å²) in [5, 5.41) is 3.15. The van der Waals surface area contributed by atoms with E-state index in [1.54, 1.807) is 0 Å². The summed E-state index contributed by atoms with van der Waals surface area (Å²) < 4.78 is 0. The molecular weight excluding hydrogens is 112 g/mol. The molecule has 0 unspecified atom stereocenters. The molecule has 0 saturated heterocycles. The van der Waals surface area contributed by atoms with Crippen molar-refractivity contribution < 1.29 is 0 Å². The van der Waals surface area contributed by atoms with Gasteiger partial charge in [-0.15, -0.1) is 0 Å². The molecule has 0 saturated carbocycles. The molecule has 1 N–H and O–H groups in total. The topological polar surface area (TPSA) is 36.2 Å². The lowest BCUT2D eigenvalue weighted by atomic mass is 10.1. The summed E-state index contributed by atoms with van der Waals surface area (Å²) in [6.07, 6.45) is 3.53. The molecule has 0 aliphatic heterocycles. The van der Waals surface area contributed by atoms with Gasteiger partial charge in [0.25, 0.3) is 0 Å². The molecule has 0 heterocycles. The van der Waals surface area contributed by atoms with Crippen LogP contribution in [0.5, 0.6) is 0 Å². The number of hydrogen-bond donors (Lipinski definition) is 1. The predicted molar refractivity (Wildman–Crippen MR) is 38.3 cm³/mol. The Morgan fingerprint density at radius 3 is 2.22 bits per heavy atom. The third-order valence-electron chi connectivity index (χ3n) is 1.31. The molecule has 9 heavy (non-hydrogen) atoms. The Morgan fingerprint density at radius 2 is 1.89 bits per heavy atom. The van der Waals surface area contributed by atoms with Crippen molar-refractivity contribution in [3.05, 3.63) is 23.4 Å². The van der Waals surface area contributed by atoms with Crippen LogP contribution in [0.4, 0.5) is 0 Å². The zero-order chi connectivity index (χ0) is 7.28. The lowest BCUT2D eigenvalue weighted by molar-refractivity contribution is 1.12. The number of rotatable bonds is 2. The zero-order valence-corrected chi connectivity index (χ0v) is 6.10. The Hall–Kier alpha value is -0.920. The summed E-state index contributed by atoms with van der Waals surface area (Å²) in [4.78, 5) is 0. The Bertz CT molecular complexity index is 154. The second-order valence-electron chi connectivity index (χ2n) is 1.91. The third-order valence-corrected chi connectivity index (χ3v) is 1.31. The zero-order valence-electron chi connectivity index (χ0n) is 6.10. The summed E-state index contributed by atoms with van der Waals surface area (Å²) in [7, 11) is 0. The van der Waals surface area contributed by atoms with Gasteiger partial charge < -0.3 is 0 Å². The van der Waals surface area contributed by atoms with Crippen molar-refractivity contribution in [2.45, 2.75) is 20.8 Å². The monoisotopic (exact) mass is 124 g/mol. The molecule has 0 radical (unpaired) electrons. The standard InChI is InChI=1S/C7H12N2/c1-4-6(2)7(3)5-9-8/h4-5,8H,1-3H3/b6-4-,7-5-,9-8?. The first-order valence-electron chi connectivity index (χ1n) is 2.89. The first-order chi connectivity index (χ1) is 4.22. The summed E-state index contributed by atoms with van der Waals surface area (Å²) in [5.74, 6) is 0. The van der Waals surface area contributed by atoms with Crippen LogP contribution >= 0.6 is 0 Å². The van der Waals surface area contributed by atoms with Crippen LogP contribution in [0.3, 0.4) is 0 Å². The van der Waals surface area contributed by atoms with Crippen LogP contribution in [0.15, 0.2) is 28.5 Å². The molecule has 2 nitrogen and oxygen atoms in total. The molecule has 0 spiro atoms. The van der Waals surface area contributed by atoms with E-state index >= 15 is 0 Å². The molecule has 0 aromatic carbocycles. The Kier molecular flexibility index (Phi) is 3.60. The fourth-order valence-electron chi connectivity index (χ4n) is 0.426. The lowest BCUT2D eigenvalue weighted by Gasteiger charge is -1.94. The molecule has 0 atom stereocenters. The van der Waals surface area contributed by atoms with Crippen LogP contribution in [-0.2, 0) is 0 Å². The van der Waals surface area contributed by atoms with E-state index in [1.807, 2.05) is 26.8 Å². The van der Waals surface area contributed by atoms with Crippen molar-refractivity contribution in [3.63, 3.8) is 0 Å². The maximum atomic E-state index is 6.52. The van der Waals surface area contributed by atoms with Crippen molar-refractivity contribution >= 4 is 0 Å².